The Hall–Kier alpha value is -2.58. The van der Waals surface area contributed by atoms with E-state index in [9.17, 15) is 13.2 Å². The number of halogens is 2. The molecule has 168 valence electrons. The average Bonchev–Trinajstić information content (AvgIpc) is 2.76. The number of carbonyl (C=O) groups excluding carboxylic acids is 1. The Bertz CT molecular complexity index is 1190. The lowest BCUT2D eigenvalue weighted by molar-refractivity contribution is -0.116. The molecule has 0 radical (unpaired) electrons. The predicted octanol–water partition coefficient (Wildman–Crippen LogP) is 5.14. The number of benzene rings is 3. The van der Waals surface area contributed by atoms with Crippen molar-refractivity contribution in [3.8, 4) is 5.75 Å². The Kier molecular flexibility index (Phi) is 7.79. The summed E-state index contributed by atoms with van der Waals surface area (Å²) in [4.78, 5) is 12.9. The molecule has 3 rings (SSSR count). The molecule has 3 aromatic rings. The zero-order valence-corrected chi connectivity index (χ0v) is 19.8. The Morgan fingerprint density at radius 2 is 1.62 bits per heavy atom. The van der Waals surface area contributed by atoms with Crippen LogP contribution in [-0.2, 0) is 21.4 Å². The number of methoxy groups -OCH3 is 1. The van der Waals surface area contributed by atoms with Gasteiger partial charge in [-0.3, -0.25) is 4.79 Å². The summed E-state index contributed by atoms with van der Waals surface area (Å²) in [6, 6.07) is 18.1. The number of nitrogens with zero attached hydrogens (tertiary/aromatic N) is 1. The van der Waals surface area contributed by atoms with Gasteiger partial charge in [0.05, 0.1) is 18.6 Å². The first-order chi connectivity index (χ1) is 15.2. The molecule has 0 saturated heterocycles. The SMILES string of the molecule is COc1cccc(NC(=O)CN(Cc2c(Cl)cccc2Cl)S(=O)(=O)c2ccc(C)cc2)c1. The lowest BCUT2D eigenvalue weighted by Gasteiger charge is -2.23. The third-order valence-electron chi connectivity index (χ3n) is 4.73. The number of hydrogen-bond acceptors (Lipinski definition) is 4. The van der Waals surface area contributed by atoms with Crippen LogP contribution in [0.1, 0.15) is 11.1 Å². The summed E-state index contributed by atoms with van der Waals surface area (Å²) in [5.74, 6) is 0.0481. The Morgan fingerprint density at radius 1 is 1.00 bits per heavy atom. The summed E-state index contributed by atoms with van der Waals surface area (Å²) in [6.45, 7) is 1.26. The second-order valence-corrected chi connectivity index (χ2v) is 9.82. The number of amides is 1. The maximum Gasteiger partial charge on any atom is 0.243 e. The number of rotatable bonds is 8. The lowest BCUT2D eigenvalue weighted by Crippen LogP contribution is -2.37. The highest BCUT2D eigenvalue weighted by Crippen LogP contribution is 2.28. The molecular formula is C23H22Cl2N2O4S. The van der Waals surface area contributed by atoms with Crippen LogP contribution in [0.5, 0.6) is 5.75 Å². The minimum absolute atomic E-state index is 0.0699. The van der Waals surface area contributed by atoms with E-state index in [0.717, 1.165) is 9.87 Å². The van der Waals surface area contributed by atoms with Crippen LogP contribution in [0.2, 0.25) is 10.0 Å². The fraction of sp³-hybridized carbons (Fsp3) is 0.174. The van der Waals surface area contributed by atoms with Crippen LogP contribution in [0.25, 0.3) is 0 Å². The Labute approximate surface area is 197 Å². The van der Waals surface area contributed by atoms with Crippen molar-refractivity contribution in [2.75, 3.05) is 19.0 Å². The largest absolute Gasteiger partial charge is 0.497 e. The van der Waals surface area contributed by atoms with Gasteiger partial charge in [0.15, 0.2) is 0 Å². The van der Waals surface area contributed by atoms with Gasteiger partial charge in [-0.1, -0.05) is 53.0 Å². The van der Waals surface area contributed by atoms with Crippen molar-refractivity contribution in [3.63, 3.8) is 0 Å². The molecule has 0 aliphatic carbocycles. The maximum atomic E-state index is 13.4. The molecule has 0 bridgehead atoms. The molecule has 9 heteroatoms. The van der Waals surface area contributed by atoms with E-state index in [1.54, 1.807) is 54.6 Å². The van der Waals surface area contributed by atoms with Crippen molar-refractivity contribution in [1.29, 1.82) is 0 Å². The summed E-state index contributed by atoms with van der Waals surface area (Å²) in [5.41, 5.74) is 1.82. The molecule has 0 heterocycles. The molecule has 0 unspecified atom stereocenters. The van der Waals surface area contributed by atoms with E-state index in [1.165, 1.54) is 19.2 Å². The normalized spacial score (nSPS) is 11.4. The molecule has 0 aliphatic heterocycles. The molecule has 6 nitrogen and oxygen atoms in total. The van der Waals surface area contributed by atoms with Gasteiger partial charge >= 0.3 is 0 Å². The maximum absolute atomic E-state index is 13.4. The summed E-state index contributed by atoms with van der Waals surface area (Å²) in [7, 11) is -2.50. The van der Waals surface area contributed by atoms with Crippen molar-refractivity contribution in [2.45, 2.75) is 18.4 Å². The summed E-state index contributed by atoms with van der Waals surface area (Å²) >= 11 is 12.5. The van der Waals surface area contributed by atoms with Crippen LogP contribution in [0.15, 0.2) is 71.6 Å². The van der Waals surface area contributed by atoms with Gasteiger partial charge in [0.1, 0.15) is 5.75 Å². The highest BCUT2D eigenvalue weighted by atomic mass is 35.5. The average molecular weight is 493 g/mol. The zero-order valence-electron chi connectivity index (χ0n) is 17.5. The lowest BCUT2D eigenvalue weighted by atomic mass is 10.2. The van der Waals surface area contributed by atoms with E-state index < -0.39 is 22.5 Å². The van der Waals surface area contributed by atoms with Gasteiger partial charge in [-0.05, 0) is 43.3 Å². The Morgan fingerprint density at radius 3 is 2.25 bits per heavy atom. The third-order valence-corrected chi connectivity index (χ3v) is 7.24. The quantitative estimate of drug-likeness (QED) is 0.472. The number of sulfonamides is 1. The van der Waals surface area contributed by atoms with E-state index >= 15 is 0 Å². The highest BCUT2D eigenvalue weighted by Gasteiger charge is 2.28. The van der Waals surface area contributed by atoms with Crippen LogP contribution in [-0.4, -0.2) is 32.3 Å². The summed E-state index contributed by atoms with van der Waals surface area (Å²) < 4.78 is 33.0. The van der Waals surface area contributed by atoms with E-state index in [-0.39, 0.29) is 11.4 Å². The van der Waals surface area contributed by atoms with Crippen molar-refractivity contribution < 1.29 is 17.9 Å². The molecule has 32 heavy (non-hydrogen) atoms. The van der Waals surface area contributed by atoms with Crippen LogP contribution in [0.3, 0.4) is 0 Å². The van der Waals surface area contributed by atoms with Crippen molar-refractivity contribution in [2.24, 2.45) is 0 Å². The van der Waals surface area contributed by atoms with Crippen molar-refractivity contribution >= 4 is 44.8 Å². The predicted molar refractivity (Wildman–Crippen MR) is 127 cm³/mol. The Balaban J connectivity index is 1.92. The minimum Gasteiger partial charge on any atom is -0.497 e. The number of aryl methyl sites for hydroxylation is 1. The number of hydrogen-bond donors (Lipinski definition) is 1. The number of anilines is 1. The van der Waals surface area contributed by atoms with Crippen LogP contribution >= 0.6 is 23.2 Å². The van der Waals surface area contributed by atoms with Crippen LogP contribution in [0.4, 0.5) is 5.69 Å². The van der Waals surface area contributed by atoms with E-state index in [0.29, 0.717) is 27.0 Å². The molecule has 0 atom stereocenters. The van der Waals surface area contributed by atoms with Gasteiger partial charge in [-0.15, -0.1) is 0 Å². The number of ether oxygens (including phenoxy) is 1. The molecule has 0 aliphatic rings. The number of nitrogens with one attached hydrogen (secondary N) is 1. The first kappa shape index (κ1) is 24.1. The van der Waals surface area contributed by atoms with E-state index in [4.69, 9.17) is 27.9 Å². The topological polar surface area (TPSA) is 75.7 Å². The second-order valence-electron chi connectivity index (χ2n) is 7.07. The van der Waals surface area contributed by atoms with Gasteiger partial charge in [-0.25, -0.2) is 8.42 Å². The second kappa shape index (κ2) is 10.4. The molecule has 0 saturated carbocycles. The minimum atomic E-state index is -4.02. The number of carbonyl (C=O) groups is 1. The van der Waals surface area contributed by atoms with Crippen molar-refractivity contribution in [1.82, 2.24) is 4.31 Å². The molecule has 0 spiro atoms. The van der Waals surface area contributed by atoms with Gasteiger partial charge in [0.25, 0.3) is 0 Å². The highest BCUT2D eigenvalue weighted by molar-refractivity contribution is 7.89. The van der Waals surface area contributed by atoms with Crippen molar-refractivity contribution in [3.05, 3.63) is 87.9 Å². The van der Waals surface area contributed by atoms with Gasteiger partial charge < -0.3 is 10.1 Å². The fourth-order valence-corrected chi connectivity index (χ4v) is 4.89. The van der Waals surface area contributed by atoms with Gasteiger partial charge in [-0.2, -0.15) is 4.31 Å². The summed E-state index contributed by atoms with van der Waals surface area (Å²) in [6.07, 6.45) is 0. The molecule has 1 N–H and O–H groups in total. The van der Waals surface area contributed by atoms with Crippen LogP contribution < -0.4 is 10.1 Å². The first-order valence-electron chi connectivity index (χ1n) is 9.64. The van der Waals surface area contributed by atoms with Gasteiger partial charge in [0, 0.05) is 33.9 Å². The van der Waals surface area contributed by atoms with Crippen LogP contribution in [0, 0.1) is 6.92 Å². The molecule has 1 amide bonds. The molecular weight excluding hydrogens is 471 g/mol. The monoisotopic (exact) mass is 492 g/mol. The van der Waals surface area contributed by atoms with E-state index in [1.807, 2.05) is 6.92 Å². The summed E-state index contributed by atoms with van der Waals surface area (Å²) in [5, 5.41) is 3.33. The molecule has 0 fully saturated rings. The fourth-order valence-electron chi connectivity index (χ4n) is 3.01. The first-order valence-corrected chi connectivity index (χ1v) is 11.8. The van der Waals surface area contributed by atoms with Gasteiger partial charge in [0.2, 0.25) is 15.9 Å². The van der Waals surface area contributed by atoms with E-state index in [2.05, 4.69) is 5.32 Å². The smallest absolute Gasteiger partial charge is 0.243 e. The standard InChI is InChI=1S/C23H22Cl2N2O4S/c1-16-9-11-19(12-10-16)32(29,30)27(14-20-21(24)7-4-8-22(20)25)15-23(28)26-17-5-3-6-18(13-17)31-2/h3-13H,14-15H2,1-2H3,(H,26,28). The zero-order chi connectivity index (χ0) is 23.3. The molecule has 3 aromatic carbocycles. The third kappa shape index (κ3) is 5.81. The molecule has 0 aromatic heterocycles.